The summed E-state index contributed by atoms with van der Waals surface area (Å²) in [6, 6.07) is 11.4. The molecule has 1 saturated heterocycles. The molecule has 2 amide bonds. The Bertz CT molecular complexity index is 946. The standard InChI is InChI=1S/C25H32ClN3O2S/c1-17(2)20(15-27-24(31)21-9-10-22(26)32-21)28-23(30)18-5-7-19(8-6-18)25(11-12-25)16-29-13-3-4-14-29/h5-10,17,20H,3-4,11-16H2,1-2H3,(H,27,31)(H,28,30). The highest BCUT2D eigenvalue weighted by Crippen LogP contribution is 2.49. The van der Waals surface area contributed by atoms with Gasteiger partial charge in [0.05, 0.1) is 9.21 Å². The zero-order chi connectivity index (χ0) is 22.7. The quantitative estimate of drug-likeness (QED) is 0.554. The highest BCUT2D eigenvalue weighted by atomic mass is 35.5. The van der Waals surface area contributed by atoms with Crippen LogP contribution in [-0.4, -0.2) is 48.9 Å². The lowest BCUT2D eigenvalue weighted by Crippen LogP contribution is -2.46. The zero-order valence-electron chi connectivity index (χ0n) is 18.8. The first-order valence-corrected chi connectivity index (χ1v) is 12.7. The summed E-state index contributed by atoms with van der Waals surface area (Å²) in [5.41, 5.74) is 2.30. The van der Waals surface area contributed by atoms with Crippen LogP contribution in [0.2, 0.25) is 4.34 Å². The summed E-state index contributed by atoms with van der Waals surface area (Å²) < 4.78 is 0.584. The van der Waals surface area contributed by atoms with Gasteiger partial charge in [-0.1, -0.05) is 37.6 Å². The summed E-state index contributed by atoms with van der Waals surface area (Å²) in [6.07, 6.45) is 5.10. The van der Waals surface area contributed by atoms with Crippen molar-refractivity contribution < 1.29 is 9.59 Å². The summed E-state index contributed by atoms with van der Waals surface area (Å²) >= 11 is 7.17. The van der Waals surface area contributed by atoms with E-state index in [-0.39, 0.29) is 29.2 Å². The van der Waals surface area contributed by atoms with E-state index in [1.165, 1.54) is 55.7 Å². The third-order valence-corrected chi connectivity index (χ3v) is 7.97. The number of rotatable bonds is 9. The van der Waals surface area contributed by atoms with Gasteiger partial charge < -0.3 is 15.5 Å². The molecule has 4 rings (SSSR count). The third-order valence-electron chi connectivity index (χ3n) is 6.74. The number of nitrogens with zero attached hydrogens (tertiary/aromatic N) is 1. The second-order valence-corrected chi connectivity index (χ2v) is 11.2. The van der Waals surface area contributed by atoms with Crippen LogP contribution in [0.1, 0.15) is 65.1 Å². The van der Waals surface area contributed by atoms with E-state index in [9.17, 15) is 9.59 Å². The highest BCUT2D eigenvalue weighted by molar-refractivity contribution is 7.18. The van der Waals surface area contributed by atoms with E-state index in [0.717, 1.165) is 6.54 Å². The Balaban J connectivity index is 1.33. The van der Waals surface area contributed by atoms with Gasteiger partial charge in [0.2, 0.25) is 0 Å². The van der Waals surface area contributed by atoms with Crippen molar-refractivity contribution in [2.24, 2.45) is 5.92 Å². The van der Waals surface area contributed by atoms with Crippen LogP contribution in [0.15, 0.2) is 36.4 Å². The van der Waals surface area contributed by atoms with Gasteiger partial charge in [0, 0.05) is 30.1 Å². The van der Waals surface area contributed by atoms with Crippen LogP contribution in [0.3, 0.4) is 0 Å². The lowest BCUT2D eigenvalue weighted by atomic mass is 9.94. The molecule has 5 nitrogen and oxygen atoms in total. The van der Waals surface area contributed by atoms with E-state index in [4.69, 9.17) is 11.6 Å². The molecule has 2 fully saturated rings. The Morgan fingerprint density at radius 2 is 1.75 bits per heavy atom. The molecule has 1 saturated carbocycles. The van der Waals surface area contributed by atoms with Crippen LogP contribution in [0.5, 0.6) is 0 Å². The molecule has 32 heavy (non-hydrogen) atoms. The van der Waals surface area contributed by atoms with Crippen molar-refractivity contribution in [1.82, 2.24) is 15.5 Å². The van der Waals surface area contributed by atoms with Crippen LogP contribution in [0.25, 0.3) is 0 Å². The number of benzene rings is 1. The van der Waals surface area contributed by atoms with Gasteiger partial charge in [-0.3, -0.25) is 9.59 Å². The molecule has 1 atom stereocenters. The lowest BCUT2D eigenvalue weighted by Gasteiger charge is -2.24. The normalized spacial score (nSPS) is 18.5. The molecule has 1 unspecified atom stereocenters. The Labute approximate surface area is 199 Å². The van der Waals surface area contributed by atoms with Crippen molar-refractivity contribution in [2.75, 3.05) is 26.2 Å². The summed E-state index contributed by atoms with van der Waals surface area (Å²) in [4.78, 5) is 28.4. The molecule has 1 aliphatic heterocycles. The minimum Gasteiger partial charge on any atom is -0.349 e. The fourth-order valence-corrected chi connectivity index (χ4v) is 5.42. The maximum atomic E-state index is 12.9. The van der Waals surface area contributed by atoms with Gasteiger partial charge in [0.15, 0.2) is 0 Å². The third kappa shape index (κ3) is 5.53. The number of likely N-dealkylation sites (tertiary alicyclic amines) is 1. The second kappa shape index (κ2) is 9.94. The molecular weight excluding hydrogens is 442 g/mol. The fraction of sp³-hybridized carbons (Fsp3) is 0.520. The summed E-state index contributed by atoms with van der Waals surface area (Å²) in [5.74, 6) is -0.0902. The molecule has 172 valence electrons. The Morgan fingerprint density at radius 1 is 1.06 bits per heavy atom. The van der Waals surface area contributed by atoms with Crippen LogP contribution in [-0.2, 0) is 5.41 Å². The average Bonchev–Trinajstić information content (AvgIpc) is 3.15. The molecule has 2 aliphatic rings. The SMILES string of the molecule is CC(C)C(CNC(=O)c1ccc(Cl)s1)NC(=O)c1ccc(C2(CN3CCCC3)CC2)cc1. The predicted molar refractivity (Wildman–Crippen MR) is 131 cm³/mol. The van der Waals surface area contributed by atoms with E-state index in [1.54, 1.807) is 12.1 Å². The Morgan fingerprint density at radius 3 is 2.31 bits per heavy atom. The highest BCUT2D eigenvalue weighted by Gasteiger charge is 2.45. The van der Waals surface area contributed by atoms with Crippen molar-refractivity contribution in [1.29, 1.82) is 0 Å². The molecule has 1 aromatic heterocycles. The summed E-state index contributed by atoms with van der Waals surface area (Å²) in [5, 5.41) is 6.01. The van der Waals surface area contributed by atoms with Crippen molar-refractivity contribution >= 4 is 34.8 Å². The van der Waals surface area contributed by atoms with Gasteiger partial charge in [-0.15, -0.1) is 11.3 Å². The van der Waals surface area contributed by atoms with E-state index in [2.05, 4.69) is 27.7 Å². The minimum atomic E-state index is -0.168. The largest absolute Gasteiger partial charge is 0.349 e. The van der Waals surface area contributed by atoms with Gasteiger partial charge in [0.25, 0.3) is 11.8 Å². The van der Waals surface area contributed by atoms with E-state index >= 15 is 0 Å². The van der Waals surface area contributed by atoms with E-state index in [0.29, 0.717) is 21.3 Å². The van der Waals surface area contributed by atoms with Crippen LogP contribution >= 0.6 is 22.9 Å². The number of carbonyl (C=O) groups is 2. The van der Waals surface area contributed by atoms with Gasteiger partial charge in [-0.25, -0.2) is 0 Å². The molecule has 1 aromatic carbocycles. The average molecular weight is 474 g/mol. The van der Waals surface area contributed by atoms with Crippen molar-refractivity contribution in [3.8, 4) is 0 Å². The molecule has 7 heteroatoms. The predicted octanol–water partition coefficient (Wildman–Crippen LogP) is 4.71. The smallest absolute Gasteiger partial charge is 0.261 e. The first-order valence-electron chi connectivity index (χ1n) is 11.5. The van der Waals surface area contributed by atoms with Crippen molar-refractivity contribution in [3.05, 3.63) is 56.7 Å². The number of carbonyl (C=O) groups excluding carboxylic acids is 2. The Hall–Kier alpha value is -1.89. The van der Waals surface area contributed by atoms with Gasteiger partial charge >= 0.3 is 0 Å². The first kappa shape index (κ1) is 23.3. The summed E-state index contributed by atoms with van der Waals surface area (Å²) in [7, 11) is 0. The molecule has 0 radical (unpaired) electrons. The first-order chi connectivity index (χ1) is 15.4. The molecule has 2 N–H and O–H groups in total. The summed E-state index contributed by atoms with van der Waals surface area (Å²) in [6.45, 7) is 8.02. The monoisotopic (exact) mass is 473 g/mol. The van der Waals surface area contributed by atoms with Crippen LogP contribution in [0, 0.1) is 5.92 Å². The number of amides is 2. The van der Waals surface area contributed by atoms with Crippen molar-refractivity contribution in [2.45, 2.75) is 51.0 Å². The molecule has 0 bridgehead atoms. The Kier molecular flexibility index (Phi) is 7.23. The maximum Gasteiger partial charge on any atom is 0.261 e. The topological polar surface area (TPSA) is 61.4 Å². The van der Waals surface area contributed by atoms with Crippen LogP contribution < -0.4 is 10.6 Å². The van der Waals surface area contributed by atoms with Crippen molar-refractivity contribution in [3.63, 3.8) is 0 Å². The number of nitrogens with one attached hydrogen (secondary N) is 2. The molecule has 1 aliphatic carbocycles. The van der Waals surface area contributed by atoms with Gasteiger partial charge in [0.1, 0.15) is 0 Å². The fourth-order valence-electron chi connectivity index (χ4n) is 4.46. The molecule has 2 aromatic rings. The molecule has 0 spiro atoms. The second-order valence-electron chi connectivity index (χ2n) is 9.48. The molecule has 2 heterocycles. The lowest BCUT2D eigenvalue weighted by molar-refractivity contribution is 0.0898. The zero-order valence-corrected chi connectivity index (χ0v) is 20.4. The van der Waals surface area contributed by atoms with E-state index in [1.807, 2.05) is 26.0 Å². The number of hydrogen-bond acceptors (Lipinski definition) is 4. The number of halogens is 1. The van der Waals surface area contributed by atoms with Gasteiger partial charge in [-0.05, 0) is 74.5 Å². The van der Waals surface area contributed by atoms with E-state index < -0.39 is 0 Å². The number of hydrogen-bond donors (Lipinski definition) is 2. The van der Waals surface area contributed by atoms with Gasteiger partial charge in [-0.2, -0.15) is 0 Å². The number of thiophene rings is 1. The maximum absolute atomic E-state index is 12.9. The van der Waals surface area contributed by atoms with Crippen LogP contribution in [0.4, 0.5) is 0 Å². The minimum absolute atomic E-state index is 0.104. The molecular formula is C25H32ClN3O2S.